The third kappa shape index (κ3) is 1.96. The number of hydrogen-bond donors (Lipinski definition) is 1. The summed E-state index contributed by atoms with van der Waals surface area (Å²) in [5.74, 6) is 0.898. The van der Waals surface area contributed by atoms with Gasteiger partial charge in [0, 0.05) is 35.7 Å². The molecule has 2 aliphatic rings. The van der Waals surface area contributed by atoms with Gasteiger partial charge in [-0.2, -0.15) is 0 Å². The van der Waals surface area contributed by atoms with Crippen LogP contribution in [0.5, 0.6) is 5.75 Å². The lowest BCUT2D eigenvalue weighted by molar-refractivity contribution is 0.290. The zero-order valence-corrected chi connectivity index (χ0v) is 15.1. The van der Waals surface area contributed by atoms with Crippen molar-refractivity contribution in [2.75, 3.05) is 25.6 Å². The highest BCUT2D eigenvalue weighted by Gasteiger charge is 2.39. The molecular formula is C20H19N3OS. The fraction of sp³-hybridized carbons (Fsp3) is 0.250. The number of H-pyrrole nitrogens is 1. The summed E-state index contributed by atoms with van der Waals surface area (Å²) in [6.07, 6.45) is 1.10. The molecule has 2 aromatic carbocycles. The average Bonchev–Trinajstić information content (AvgIpc) is 3.03. The molecule has 0 radical (unpaired) electrons. The number of benzene rings is 2. The predicted octanol–water partition coefficient (Wildman–Crippen LogP) is 3.86. The van der Waals surface area contributed by atoms with E-state index in [-0.39, 0.29) is 6.17 Å². The molecule has 4 nitrogen and oxygen atoms in total. The lowest BCUT2D eigenvalue weighted by Gasteiger charge is -2.47. The second-order valence-corrected chi connectivity index (χ2v) is 7.07. The van der Waals surface area contributed by atoms with E-state index in [1.807, 2.05) is 6.07 Å². The normalized spacial score (nSPS) is 18.8. The Labute approximate surface area is 152 Å². The van der Waals surface area contributed by atoms with Gasteiger partial charge in [0.25, 0.3) is 0 Å². The third-order valence-electron chi connectivity index (χ3n) is 5.44. The summed E-state index contributed by atoms with van der Waals surface area (Å²) in [6, 6.07) is 14.7. The van der Waals surface area contributed by atoms with Crippen molar-refractivity contribution >= 4 is 33.8 Å². The van der Waals surface area contributed by atoms with Gasteiger partial charge in [0.05, 0.1) is 12.8 Å². The fourth-order valence-electron chi connectivity index (χ4n) is 4.24. The molecule has 25 heavy (non-hydrogen) atoms. The zero-order valence-electron chi connectivity index (χ0n) is 14.2. The van der Waals surface area contributed by atoms with Crippen LogP contribution < -0.4 is 9.64 Å². The Hall–Kier alpha value is -2.53. The Kier molecular flexibility index (Phi) is 3.09. The average molecular weight is 349 g/mol. The van der Waals surface area contributed by atoms with E-state index in [1.54, 1.807) is 7.11 Å². The Morgan fingerprint density at radius 3 is 2.88 bits per heavy atom. The van der Waals surface area contributed by atoms with E-state index < -0.39 is 0 Å². The van der Waals surface area contributed by atoms with Crippen LogP contribution in [-0.2, 0) is 6.42 Å². The van der Waals surface area contributed by atoms with Crippen LogP contribution in [0.2, 0.25) is 0 Å². The maximum Gasteiger partial charge on any atom is 0.144 e. The van der Waals surface area contributed by atoms with Crippen LogP contribution in [0.15, 0.2) is 42.5 Å². The van der Waals surface area contributed by atoms with Crippen LogP contribution in [0.25, 0.3) is 10.9 Å². The van der Waals surface area contributed by atoms with Gasteiger partial charge in [-0.3, -0.25) is 0 Å². The molecule has 0 spiro atoms. The Balaban J connectivity index is 1.71. The molecule has 1 unspecified atom stereocenters. The summed E-state index contributed by atoms with van der Waals surface area (Å²) in [5, 5.41) is 1.26. The molecule has 0 fully saturated rings. The monoisotopic (exact) mass is 349 g/mol. The maximum atomic E-state index is 5.83. The van der Waals surface area contributed by atoms with Crippen molar-refractivity contribution in [1.29, 1.82) is 0 Å². The van der Waals surface area contributed by atoms with Crippen molar-refractivity contribution < 1.29 is 4.74 Å². The van der Waals surface area contributed by atoms with Gasteiger partial charge < -0.3 is 19.5 Å². The highest BCUT2D eigenvalue weighted by molar-refractivity contribution is 7.80. The molecule has 1 aromatic heterocycles. The molecule has 3 heterocycles. The summed E-state index contributed by atoms with van der Waals surface area (Å²) >= 11 is 5.83. The molecule has 0 saturated heterocycles. The second kappa shape index (κ2) is 5.23. The Morgan fingerprint density at radius 1 is 1.20 bits per heavy atom. The molecule has 126 valence electrons. The predicted molar refractivity (Wildman–Crippen MR) is 105 cm³/mol. The van der Waals surface area contributed by atoms with Gasteiger partial charge in [-0.15, -0.1) is 0 Å². The number of rotatable bonds is 1. The first-order valence-corrected chi connectivity index (χ1v) is 8.91. The number of fused-ring (bicyclic) bond motifs is 6. The van der Waals surface area contributed by atoms with Crippen molar-refractivity contribution in [3.63, 3.8) is 0 Å². The molecule has 1 N–H and O–H groups in total. The van der Waals surface area contributed by atoms with Crippen molar-refractivity contribution in [1.82, 2.24) is 9.88 Å². The van der Waals surface area contributed by atoms with Crippen molar-refractivity contribution in [3.8, 4) is 5.75 Å². The van der Waals surface area contributed by atoms with E-state index in [9.17, 15) is 0 Å². The SMILES string of the molecule is COc1ccc2[nH]c3c(c2c1)CCN1C(=S)c2ccccc2N(C)C31. The number of para-hydroxylation sites is 1. The highest BCUT2D eigenvalue weighted by Crippen LogP contribution is 2.43. The number of hydrogen-bond acceptors (Lipinski definition) is 3. The minimum absolute atomic E-state index is 0.115. The number of nitrogens with one attached hydrogen (secondary N) is 1. The van der Waals surface area contributed by atoms with Crippen LogP contribution in [0, 0.1) is 0 Å². The van der Waals surface area contributed by atoms with Gasteiger partial charge in [-0.05, 0) is 42.3 Å². The van der Waals surface area contributed by atoms with Crippen molar-refractivity contribution in [2.45, 2.75) is 12.6 Å². The minimum atomic E-state index is 0.115. The van der Waals surface area contributed by atoms with E-state index >= 15 is 0 Å². The fourth-order valence-corrected chi connectivity index (χ4v) is 4.60. The molecule has 0 aliphatic carbocycles. The third-order valence-corrected chi connectivity index (χ3v) is 5.90. The highest BCUT2D eigenvalue weighted by atomic mass is 32.1. The van der Waals surface area contributed by atoms with Gasteiger partial charge >= 0.3 is 0 Å². The molecule has 5 rings (SSSR count). The van der Waals surface area contributed by atoms with Crippen LogP contribution in [0.3, 0.4) is 0 Å². The number of aromatic nitrogens is 1. The summed E-state index contributed by atoms with van der Waals surface area (Å²) in [7, 11) is 3.87. The Morgan fingerprint density at radius 2 is 2.04 bits per heavy atom. The van der Waals surface area contributed by atoms with E-state index in [0.717, 1.165) is 34.8 Å². The smallest absolute Gasteiger partial charge is 0.144 e. The van der Waals surface area contributed by atoms with Crippen LogP contribution >= 0.6 is 12.2 Å². The van der Waals surface area contributed by atoms with Crippen LogP contribution in [0.1, 0.15) is 23.0 Å². The second-order valence-electron chi connectivity index (χ2n) is 6.68. The molecule has 5 heteroatoms. The topological polar surface area (TPSA) is 31.5 Å². The first kappa shape index (κ1) is 14.8. The number of ether oxygens (including phenoxy) is 1. The van der Waals surface area contributed by atoms with E-state index in [1.165, 1.54) is 22.3 Å². The summed E-state index contributed by atoms with van der Waals surface area (Å²) in [5.41, 5.74) is 6.12. The van der Waals surface area contributed by atoms with Crippen molar-refractivity contribution in [3.05, 3.63) is 59.3 Å². The number of nitrogens with zero attached hydrogens (tertiary/aromatic N) is 2. The van der Waals surface area contributed by atoms with Gasteiger partial charge in [-0.1, -0.05) is 24.4 Å². The van der Waals surface area contributed by atoms with Gasteiger partial charge in [-0.25, -0.2) is 0 Å². The van der Waals surface area contributed by atoms with Gasteiger partial charge in [0.15, 0.2) is 0 Å². The number of aromatic amines is 1. The molecule has 1 atom stereocenters. The van der Waals surface area contributed by atoms with E-state index in [2.05, 4.69) is 58.2 Å². The summed E-state index contributed by atoms with van der Waals surface area (Å²) in [4.78, 5) is 9.26. The standard InChI is InChI=1S/C20H19N3OS/c1-22-17-6-4-3-5-14(17)20(25)23-10-9-13-15-11-12(24-2)7-8-16(15)21-18(13)19(22)23/h3-8,11,19,21H,9-10H2,1-2H3. The first-order valence-electron chi connectivity index (χ1n) is 8.50. The zero-order chi connectivity index (χ0) is 17.1. The van der Waals surface area contributed by atoms with Crippen molar-refractivity contribution in [2.24, 2.45) is 0 Å². The molecule has 0 bridgehead atoms. The van der Waals surface area contributed by atoms with Gasteiger partial charge in [0.2, 0.25) is 0 Å². The van der Waals surface area contributed by atoms with Crippen LogP contribution in [0.4, 0.5) is 5.69 Å². The van der Waals surface area contributed by atoms with Gasteiger partial charge in [0.1, 0.15) is 16.9 Å². The minimum Gasteiger partial charge on any atom is -0.497 e. The Bertz CT molecular complexity index is 1010. The molecule has 3 aromatic rings. The number of methoxy groups -OCH3 is 1. The lowest BCUT2D eigenvalue weighted by atomic mass is 9.96. The summed E-state index contributed by atoms with van der Waals surface area (Å²) in [6.45, 7) is 0.930. The molecule has 0 amide bonds. The molecule has 0 saturated carbocycles. The number of anilines is 1. The molecular weight excluding hydrogens is 330 g/mol. The molecule has 2 aliphatic heterocycles. The lowest BCUT2D eigenvalue weighted by Crippen LogP contribution is -2.50. The largest absolute Gasteiger partial charge is 0.497 e. The van der Waals surface area contributed by atoms with Crippen LogP contribution in [-0.4, -0.2) is 35.6 Å². The quantitative estimate of drug-likeness (QED) is 0.676. The summed E-state index contributed by atoms with van der Waals surface area (Å²) < 4.78 is 5.42. The first-order chi connectivity index (χ1) is 12.2. The van der Waals surface area contributed by atoms with E-state index in [4.69, 9.17) is 17.0 Å². The van der Waals surface area contributed by atoms with E-state index in [0.29, 0.717) is 0 Å². The number of thiocarbonyl (C=S) groups is 1. The maximum absolute atomic E-state index is 5.83.